The van der Waals surface area contributed by atoms with E-state index in [0.29, 0.717) is 5.46 Å². The van der Waals surface area contributed by atoms with Crippen LogP contribution in [-0.2, 0) is 6.54 Å². The summed E-state index contributed by atoms with van der Waals surface area (Å²) in [4.78, 5) is 4.67. The molecule has 1 aliphatic heterocycles. The Morgan fingerprint density at radius 3 is 2.45 bits per heavy atom. The van der Waals surface area contributed by atoms with Crippen molar-refractivity contribution in [3.63, 3.8) is 0 Å². The molecule has 0 saturated carbocycles. The van der Waals surface area contributed by atoms with Gasteiger partial charge in [-0.05, 0) is 57.0 Å². The Morgan fingerprint density at radius 2 is 1.85 bits per heavy atom. The van der Waals surface area contributed by atoms with Crippen molar-refractivity contribution in [1.82, 2.24) is 9.80 Å². The molecule has 0 radical (unpaired) electrons. The molecule has 110 valence electrons. The average molecular weight is 276 g/mol. The zero-order valence-electron chi connectivity index (χ0n) is 12.5. The predicted octanol–water partition coefficient (Wildman–Crippen LogP) is 0.140. The minimum atomic E-state index is -1.38. The molecule has 5 heteroatoms. The lowest BCUT2D eigenvalue weighted by molar-refractivity contribution is 0.157. The van der Waals surface area contributed by atoms with E-state index in [4.69, 9.17) is 0 Å². The molecule has 0 unspecified atom stereocenters. The van der Waals surface area contributed by atoms with Gasteiger partial charge in [0.05, 0.1) is 0 Å². The van der Waals surface area contributed by atoms with Crippen LogP contribution in [0.15, 0.2) is 24.3 Å². The van der Waals surface area contributed by atoms with Gasteiger partial charge >= 0.3 is 7.12 Å². The first kappa shape index (κ1) is 15.5. The molecule has 1 saturated heterocycles. The van der Waals surface area contributed by atoms with Crippen molar-refractivity contribution in [3.8, 4) is 0 Å². The van der Waals surface area contributed by atoms with Gasteiger partial charge in [0.2, 0.25) is 0 Å². The lowest BCUT2D eigenvalue weighted by Gasteiger charge is -2.33. The molecule has 20 heavy (non-hydrogen) atoms. The first-order valence-electron chi connectivity index (χ1n) is 7.37. The summed E-state index contributed by atoms with van der Waals surface area (Å²) in [5, 5.41) is 18.8. The highest BCUT2D eigenvalue weighted by atomic mass is 16.4. The molecular weight excluding hydrogens is 251 g/mol. The fourth-order valence-electron chi connectivity index (χ4n) is 3.01. The highest BCUT2D eigenvalue weighted by Gasteiger charge is 2.22. The fraction of sp³-hybridized carbons (Fsp3) is 0.600. The van der Waals surface area contributed by atoms with E-state index in [1.54, 1.807) is 6.07 Å². The lowest BCUT2D eigenvalue weighted by Crippen LogP contribution is -2.39. The summed E-state index contributed by atoms with van der Waals surface area (Å²) in [6, 6.07) is 7.58. The number of piperidine rings is 1. The second kappa shape index (κ2) is 7.22. The third-order valence-corrected chi connectivity index (χ3v) is 4.06. The monoisotopic (exact) mass is 276 g/mol. The summed E-state index contributed by atoms with van der Waals surface area (Å²) in [7, 11) is 2.88. The zero-order valence-corrected chi connectivity index (χ0v) is 12.5. The van der Waals surface area contributed by atoms with Gasteiger partial charge in [0.15, 0.2) is 0 Å². The van der Waals surface area contributed by atoms with Crippen LogP contribution in [0.3, 0.4) is 0 Å². The van der Waals surface area contributed by atoms with Crippen molar-refractivity contribution in [1.29, 1.82) is 0 Å². The van der Waals surface area contributed by atoms with Crippen LogP contribution in [0.2, 0.25) is 0 Å². The van der Waals surface area contributed by atoms with E-state index in [-0.39, 0.29) is 0 Å². The van der Waals surface area contributed by atoms with Gasteiger partial charge in [0, 0.05) is 13.1 Å². The van der Waals surface area contributed by atoms with Gasteiger partial charge in [-0.25, -0.2) is 0 Å². The molecule has 2 N–H and O–H groups in total. The minimum Gasteiger partial charge on any atom is -0.423 e. The van der Waals surface area contributed by atoms with E-state index >= 15 is 0 Å². The smallest absolute Gasteiger partial charge is 0.423 e. The van der Waals surface area contributed by atoms with Crippen LogP contribution >= 0.6 is 0 Å². The average Bonchev–Trinajstić information content (AvgIpc) is 2.41. The molecule has 0 atom stereocenters. The Balaban J connectivity index is 1.90. The first-order valence-corrected chi connectivity index (χ1v) is 7.37. The number of rotatable bonds is 5. The van der Waals surface area contributed by atoms with Crippen molar-refractivity contribution in [2.75, 3.05) is 33.7 Å². The van der Waals surface area contributed by atoms with Crippen LogP contribution in [0.25, 0.3) is 0 Å². The van der Waals surface area contributed by atoms with Crippen LogP contribution in [0.1, 0.15) is 18.4 Å². The van der Waals surface area contributed by atoms with E-state index < -0.39 is 7.12 Å². The maximum atomic E-state index is 9.41. The molecule has 0 spiro atoms. The van der Waals surface area contributed by atoms with Gasteiger partial charge in [-0.2, -0.15) is 0 Å². The molecule has 4 nitrogen and oxygen atoms in total. The molecule has 1 aromatic rings. The normalized spacial score (nSPS) is 17.6. The maximum absolute atomic E-state index is 9.41. The van der Waals surface area contributed by atoms with Gasteiger partial charge in [-0.15, -0.1) is 0 Å². The number of hydrogen-bond donors (Lipinski definition) is 2. The maximum Gasteiger partial charge on any atom is 0.488 e. The molecule has 0 bridgehead atoms. The summed E-state index contributed by atoms with van der Waals surface area (Å²) < 4.78 is 0. The van der Waals surface area contributed by atoms with Crippen molar-refractivity contribution in [2.24, 2.45) is 5.92 Å². The predicted molar refractivity (Wildman–Crippen MR) is 82.8 cm³/mol. The van der Waals surface area contributed by atoms with E-state index in [0.717, 1.165) is 31.1 Å². The van der Waals surface area contributed by atoms with Crippen LogP contribution in [0, 0.1) is 5.92 Å². The van der Waals surface area contributed by atoms with E-state index in [2.05, 4.69) is 23.9 Å². The Hall–Kier alpha value is -0.875. The molecular formula is C15H25BN2O2. The minimum absolute atomic E-state index is 0.628. The highest BCUT2D eigenvalue weighted by molar-refractivity contribution is 6.59. The number of benzene rings is 1. The second-order valence-corrected chi connectivity index (χ2v) is 6.05. The van der Waals surface area contributed by atoms with E-state index in [1.807, 2.05) is 18.2 Å². The van der Waals surface area contributed by atoms with Gasteiger partial charge < -0.3 is 14.9 Å². The van der Waals surface area contributed by atoms with Crippen molar-refractivity contribution < 1.29 is 10.0 Å². The summed E-state index contributed by atoms with van der Waals surface area (Å²) in [5.74, 6) is 0.792. The topological polar surface area (TPSA) is 46.9 Å². The molecule has 1 aliphatic rings. The van der Waals surface area contributed by atoms with E-state index in [9.17, 15) is 10.0 Å². The summed E-state index contributed by atoms with van der Waals surface area (Å²) in [6.07, 6.45) is 2.45. The summed E-state index contributed by atoms with van der Waals surface area (Å²) >= 11 is 0. The molecule has 0 amide bonds. The Labute approximate surface area is 122 Å². The largest absolute Gasteiger partial charge is 0.488 e. The number of hydrogen-bond acceptors (Lipinski definition) is 4. The summed E-state index contributed by atoms with van der Waals surface area (Å²) in [5.41, 5.74) is 1.65. The summed E-state index contributed by atoms with van der Waals surface area (Å²) in [6.45, 7) is 4.16. The first-order chi connectivity index (χ1) is 9.56. The SMILES string of the molecule is CN(C)CC1CCN(Cc2ccccc2B(O)O)CC1. The Bertz CT molecular complexity index is 418. The molecule has 0 aromatic heterocycles. The lowest BCUT2D eigenvalue weighted by atomic mass is 9.77. The molecule has 2 rings (SSSR count). The van der Waals surface area contributed by atoms with Crippen molar-refractivity contribution in [3.05, 3.63) is 29.8 Å². The molecule has 1 aromatic carbocycles. The Kier molecular flexibility index (Phi) is 5.60. The molecule has 1 fully saturated rings. The third kappa shape index (κ3) is 4.31. The van der Waals surface area contributed by atoms with Crippen LogP contribution in [-0.4, -0.2) is 60.7 Å². The van der Waals surface area contributed by atoms with Crippen molar-refractivity contribution in [2.45, 2.75) is 19.4 Å². The van der Waals surface area contributed by atoms with E-state index in [1.165, 1.54) is 19.4 Å². The fourth-order valence-corrected chi connectivity index (χ4v) is 3.01. The van der Waals surface area contributed by atoms with Crippen LogP contribution in [0.5, 0.6) is 0 Å². The molecule has 0 aliphatic carbocycles. The quantitative estimate of drug-likeness (QED) is 0.751. The van der Waals surface area contributed by atoms with Gasteiger partial charge in [0.1, 0.15) is 0 Å². The third-order valence-electron chi connectivity index (χ3n) is 4.06. The number of likely N-dealkylation sites (tertiary alicyclic amines) is 1. The van der Waals surface area contributed by atoms with Crippen LogP contribution < -0.4 is 5.46 Å². The second-order valence-electron chi connectivity index (χ2n) is 6.05. The zero-order chi connectivity index (χ0) is 14.5. The highest BCUT2D eigenvalue weighted by Crippen LogP contribution is 2.19. The van der Waals surface area contributed by atoms with Gasteiger partial charge in [-0.3, -0.25) is 4.90 Å². The van der Waals surface area contributed by atoms with Gasteiger partial charge in [0.25, 0.3) is 0 Å². The number of nitrogens with zero attached hydrogens (tertiary/aromatic N) is 2. The Morgan fingerprint density at radius 1 is 1.20 bits per heavy atom. The van der Waals surface area contributed by atoms with Crippen molar-refractivity contribution >= 4 is 12.6 Å². The molecule has 1 heterocycles. The van der Waals surface area contributed by atoms with Crippen LogP contribution in [0.4, 0.5) is 0 Å². The standard InChI is InChI=1S/C15H25BN2O2/c1-17(2)11-13-7-9-18(10-8-13)12-14-5-3-4-6-15(14)16(19)20/h3-6,13,19-20H,7-12H2,1-2H3. The van der Waals surface area contributed by atoms with Gasteiger partial charge in [-0.1, -0.05) is 24.3 Å².